The zero-order valence-electron chi connectivity index (χ0n) is 10.2. The van der Waals surface area contributed by atoms with Gasteiger partial charge >= 0.3 is 6.03 Å². The molecular weight excluding hydrogens is 242 g/mol. The standard InChI is InChI=1S/C14H11N3O2/c18-14-16-12-9-3-1-2-4-10(9)15-11(13(12)17-14)8-5-6-19-7-8/h1-4,8H,5-7H2/t8-/m1/s1. The smallest absolute Gasteiger partial charge is 0.368 e. The average molecular weight is 253 g/mol. The summed E-state index contributed by atoms with van der Waals surface area (Å²) >= 11 is 0. The lowest BCUT2D eigenvalue weighted by atomic mass is 10.0. The summed E-state index contributed by atoms with van der Waals surface area (Å²) in [7, 11) is 0. The van der Waals surface area contributed by atoms with Crippen molar-refractivity contribution < 1.29 is 9.53 Å². The Hall–Kier alpha value is -2.14. The second kappa shape index (κ2) is 3.93. The molecule has 0 saturated carbocycles. The van der Waals surface area contributed by atoms with E-state index >= 15 is 0 Å². The number of carbonyl (C=O) groups excluding carboxylic acids is 1. The van der Waals surface area contributed by atoms with E-state index in [1.54, 1.807) is 0 Å². The molecule has 0 radical (unpaired) electrons. The van der Waals surface area contributed by atoms with Gasteiger partial charge in [-0.25, -0.2) is 4.79 Å². The number of pyridine rings is 1. The van der Waals surface area contributed by atoms with Crippen LogP contribution in [0, 0.1) is 0 Å². The number of amides is 2. The molecule has 5 heteroatoms. The second-order valence-corrected chi connectivity index (χ2v) is 4.78. The summed E-state index contributed by atoms with van der Waals surface area (Å²) in [6.45, 7) is 1.38. The Balaban J connectivity index is 2.11. The number of nitrogens with zero attached hydrogens (tertiary/aromatic N) is 3. The van der Waals surface area contributed by atoms with Crippen LogP contribution in [0.15, 0.2) is 34.3 Å². The first-order valence-corrected chi connectivity index (χ1v) is 6.31. The molecule has 1 aromatic carbocycles. The van der Waals surface area contributed by atoms with Gasteiger partial charge in [0.2, 0.25) is 0 Å². The van der Waals surface area contributed by atoms with Gasteiger partial charge in [-0.3, -0.25) is 4.98 Å². The monoisotopic (exact) mass is 253 g/mol. The minimum absolute atomic E-state index is 0.211. The first-order chi connectivity index (χ1) is 9.33. The summed E-state index contributed by atoms with van der Waals surface area (Å²) in [5, 5.41) is 2.19. The van der Waals surface area contributed by atoms with Crippen molar-refractivity contribution in [3.63, 3.8) is 0 Å². The van der Waals surface area contributed by atoms with E-state index in [-0.39, 0.29) is 5.92 Å². The van der Waals surface area contributed by atoms with Crippen LogP contribution in [-0.2, 0) is 4.74 Å². The SMILES string of the molecule is O=C1N=c2c([C@@H]3CCOC3)nc3ccccc3c2=N1. The van der Waals surface area contributed by atoms with Crippen LogP contribution in [0.3, 0.4) is 0 Å². The lowest BCUT2D eigenvalue weighted by molar-refractivity contribution is 0.193. The maximum atomic E-state index is 11.5. The van der Waals surface area contributed by atoms with E-state index in [2.05, 4.69) is 15.0 Å². The molecule has 0 spiro atoms. The third-order valence-corrected chi connectivity index (χ3v) is 3.60. The van der Waals surface area contributed by atoms with Gasteiger partial charge in [0.15, 0.2) is 0 Å². The molecule has 0 N–H and O–H groups in total. The van der Waals surface area contributed by atoms with E-state index in [1.165, 1.54) is 0 Å². The molecule has 94 valence electrons. The summed E-state index contributed by atoms with van der Waals surface area (Å²) < 4.78 is 5.41. The van der Waals surface area contributed by atoms with Gasteiger partial charge in [-0.15, -0.1) is 0 Å². The van der Waals surface area contributed by atoms with Gasteiger partial charge in [0.25, 0.3) is 0 Å². The van der Waals surface area contributed by atoms with Crippen LogP contribution in [0.25, 0.3) is 10.9 Å². The van der Waals surface area contributed by atoms with Gasteiger partial charge in [-0.2, -0.15) is 9.98 Å². The zero-order chi connectivity index (χ0) is 12.8. The van der Waals surface area contributed by atoms with Crippen molar-refractivity contribution in [3.05, 3.63) is 40.7 Å². The zero-order valence-corrected chi connectivity index (χ0v) is 10.2. The molecule has 1 atom stereocenters. The van der Waals surface area contributed by atoms with E-state index in [9.17, 15) is 4.79 Å². The normalized spacial score (nSPS) is 21.3. The van der Waals surface area contributed by atoms with Crippen LogP contribution in [0.2, 0.25) is 0 Å². The van der Waals surface area contributed by atoms with Crippen LogP contribution < -0.4 is 10.7 Å². The summed E-state index contributed by atoms with van der Waals surface area (Å²) in [6.07, 6.45) is 0.918. The summed E-state index contributed by atoms with van der Waals surface area (Å²) in [5.41, 5.74) is 1.71. The molecule has 1 fully saturated rings. The van der Waals surface area contributed by atoms with Crippen LogP contribution >= 0.6 is 0 Å². The number of hydrogen-bond donors (Lipinski definition) is 0. The van der Waals surface area contributed by atoms with E-state index in [4.69, 9.17) is 4.74 Å². The van der Waals surface area contributed by atoms with E-state index in [0.717, 1.165) is 29.6 Å². The molecule has 5 nitrogen and oxygen atoms in total. The molecule has 2 aromatic rings. The van der Waals surface area contributed by atoms with E-state index in [1.807, 2.05) is 24.3 Å². The first kappa shape index (κ1) is 10.8. The number of benzene rings is 1. The van der Waals surface area contributed by atoms with Crippen LogP contribution in [0.4, 0.5) is 4.79 Å². The number of urea groups is 1. The topological polar surface area (TPSA) is 63.9 Å². The first-order valence-electron chi connectivity index (χ1n) is 6.31. The van der Waals surface area contributed by atoms with Crippen LogP contribution in [-0.4, -0.2) is 24.2 Å². The van der Waals surface area contributed by atoms with Crippen molar-refractivity contribution >= 4 is 16.9 Å². The molecule has 3 heterocycles. The quantitative estimate of drug-likeness (QED) is 0.764. The van der Waals surface area contributed by atoms with Gasteiger partial charge in [0.1, 0.15) is 10.7 Å². The van der Waals surface area contributed by atoms with Crippen molar-refractivity contribution in [3.8, 4) is 0 Å². The van der Waals surface area contributed by atoms with E-state index < -0.39 is 6.03 Å². The Bertz CT molecular complexity index is 807. The average Bonchev–Trinajstić information content (AvgIpc) is 3.06. The molecule has 0 unspecified atom stereocenters. The van der Waals surface area contributed by atoms with Gasteiger partial charge < -0.3 is 4.74 Å². The molecule has 0 bridgehead atoms. The largest absolute Gasteiger partial charge is 0.381 e. The summed E-state index contributed by atoms with van der Waals surface area (Å²) in [5.74, 6) is 0.211. The third-order valence-electron chi connectivity index (χ3n) is 3.60. The van der Waals surface area contributed by atoms with Gasteiger partial charge in [-0.1, -0.05) is 18.2 Å². The predicted molar refractivity (Wildman–Crippen MR) is 67.6 cm³/mol. The Morgan fingerprint density at radius 2 is 2.00 bits per heavy atom. The number of hydrogen-bond acceptors (Lipinski definition) is 3. The van der Waals surface area contributed by atoms with Gasteiger partial charge in [0.05, 0.1) is 17.8 Å². The van der Waals surface area contributed by atoms with Crippen molar-refractivity contribution in [1.29, 1.82) is 0 Å². The fourth-order valence-electron chi connectivity index (χ4n) is 2.68. The highest BCUT2D eigenvalue weighted by Gasteiger charge is 2.24. The minimum Gasteiger partial charge on any atom is -0.381 e. The van der Waals surface area contributed by atoms with Crippen LogP contribution in [0.5, 0.6) is 0 Å². The Morgan fingerprint density at radius 1 is 1.16 bits per heavy atom. The molecule has 2 aliphatic rings. The second-order valence-electron chi connectivity index (χ2n) is 4.78. The molecule has 2 aliphatic heterocycles. The highest BCUT2D eigenvalue weighted by atomic mass is 16.5. The minimum atomic E-state index is -0.437. The van der Waals surface area contributed by atoms with Crippen molar-refractivity contribution in [2.24, 2.45) is 9.98 Å². The lowest BCUT2D eigenvalue weighted by Crippen LogP contribution is -2.30. The van der Waals surface area contributed by atoms with Crippen LogP contribution in [0.1, 0.15) is 18.0 Å². The number of ether oxygens (including phenoxy) is 1. The van der Waals surface area contributed by atoms with Gasteiger partial charge in [0, 0.05) is 17.9 Å². The summed E-state index contributed by atoms with van der Waals surface area (Å²) in [4.78, 5) is 24.2. The number of carbonyl (C=O) groups is 1. The molecule has 4 rings (SSSR count). The Labute approximate surface area is 108 Å². The van der Waals surface area contributed by atoms with Gasteiger partial charge in [-0.05, 0) is 12.5 Å². The maximum Gasteiger partial charge on any atom is 0.368 e. The molecule has 1 aromatic heterocycles. The molecule has 0 aliphatic carbocycles. The number of aromatic nitrogens is 1. The fraction of sp³-hybridized carbons (Fsp3) is 0.286. The number of para-hydroxylation sites is 1. The summed E-state index contributed by atoms with van der Waals surface area (Å²) in [6, 6.07) is 7.28. The fourth-order valence-corrected chi connectivity index (χ4v) is 2.68. The highest BCUT2D eigenvalue weighted by molar-refractivity contribution is 5.84. The number of rotatable bonds is 1. The molecular formula is C14H11N3O2. The van der Waals surface area contributed by atoms with Crippen molar-refractivity contribution in [2.45, 2.75) is 12.3 Å². The lowest BCUT2D eigenvalue weighted by Gasteiger charge is -2.08. The molecule has 1 saturated heterocycles. The predicted octanol–water partition coefficient (Wildman–Crippen LogP) is 1.11. The van der Waals surface area contributed by atoms with Crippen molar-refractivity contribution in [1.82, 2.24) is 4.98 Å². The number of fused-ring (bicyclic) bond motifs is 3. The molecule has 19 heavy (non-hydrogen) atoms. The Morgan fingerprint density at radius 3 is 2.84 bits per heavy atom. The van der Waals surface area contributed by atoms with Crippen molar-refractivity contribution in [2.75, 3.05) is 13.2 Å². The maximum absolute atomic E-state index is 11.5. The highest BCUT2D eigenvalue weighted by Crippen LogP contribution is 2.22. The Kier molecular flexibility index (Phi) is 2.22. The van der Waals surface area contributed by atoms with E-state index in [0.29, 0.717) is 17.3 Å². The molecule has 2 amide bonds. The third kappa shape index (κ3) is 1.58.